The molecule has 0 bridgehead atoms. The summed E-state index contributed by atoms with van der Waals surface area (Å²) in [6.45, 7) is 9.45. The van der Waals surface area contributed by atoms with Gasteiger partial charge < -0.3 is 0 Å². The quantitative estimate of drug-likeness (QED) is 0.422. The van der Waals surface area contributed by atoms with Crippen LogP contribution < -0.4 is 5.30 Å². The predicted octanol–water partition coefficient (Wildman–Crippen LogP) is 5.14. The van der Waals surface area contributed by atoms with Crippen molar-refractivity contribution in [3.05, 3.63) is 30.3 Å². The van der Waals surface area contributed by atoms with E-state index in [2.05, 4.69) is 20.8 Å². The van der Waals surface area contributed by atoms with Gasteiger partial charge in [0.25, 0.3) is 0 Å². The van der Waals surface area contributed by atoms with E-state index in [-0.39, 0.29) is 0 Å². The fourth-order valence-corrected chi connectivity index (χ4v) is 19.0. The first-order chi connectivity index (χ1) is 9.55. The number of rotatable bonds is 9. The minimum atomic E-state index is -2.66. The molecule has 0 radical (unpaired) electrons. The number of hydrogen-bond acceptors (Lipinski definition) is 2. The molecule has 114 valence electrons. The van der Waals surface area contributed by atoms with Gasteiger partial charge in [-0.3, -0.25) is 0 Å². The third-order valence-electron chi connectivity index (χ3n) is 4.67. The molecule has 0 aliphatic heterocycles. The fourth-order valence-electron chi connectivity index (χ4n) is 2.80. The van der Waals surface area contributed by atoms with Crippen LogP contribution in [0.4, 0.5) is 0 Å². The van der Waals surface area contributed by atoms with E-state index in [1.54, 1.807) is 0 Å². The Balaban J connectivity index is 2.91. The molecule has 1 aromatic rings. The molecule has 0 aliphatic rings. The van der Waals surface area contributed by atoms with E-state index in [0.717, 1.165) is 11.5 Å². The summed E-state index contributed by atoms with van der Waals surface area (Å²) >= 11 is -2.03. The van der Waals surface area contributed by atoms with E-state index in [9.17, 15) is 4.57 Å². The van der Waals surface area contributed by atoms with Crippen molar-refractivity contribution >= 4 is 31.1 Å². The molecule has 0 aromatic heterocycles. The molecule has 0 saturated carbocycles. The second-order valence-electron chi connectivity index (χ2n) is 5.46. The van der Waals surface area contributed by atoms with Gasteiger partial charge >= 0.3 is 129 Å². The van der Waals surface area contributed by atoms with Crippen LogP contribution in [0.5, 0.6) is 0 Å². The summed E-state index contributed by atoms with van der Waals surface area (Å²) in [5.74, 6) is 0. The summed E-state index contributed by atoms with van der Waals surface area (Å²) in [5.41, 5.74) is 0. The van der Waals surface area contributed by atoms with Crippen molar-refractivity contribution in [2.24, 2.45) is 0 Å². The molecule has 20 heavy (non-hydrogen) atoms. The molecule has 0 spiro atoms. The van der Waals surface area contributed by atoms with Crippen LogP contribution in [0.1, 0.15) is 27.7 Å². The SMILES string of the molecule is CCOP(=O)(C[CH2][Sn]([CH2]C)([CH2]C)[CH2]C)c1ccccc1. The molecule has 0 fully saturated rings. The van der Waals surface area contributed by atoms with Crippen molar-refractivity contribution in [2.75, 3.05) is 12.8 Å². The summed E-state index contributed by atoms with van der Waals surface area (Å²) in [6, 6.07) is 9.79. The van der Waals surface area contributed by atoms with Crippen LogP contribution in [0.25, 0.3) is 0 Å². The molecular weight excluding hydrogens is 374 g/mol. The van der Waals surface area contributed by atoms with Gasteiger partial charge in [-0.1, -0.05) is 0 Å². The van der Waals surface area contributed by atoms with Crippen molar-refractivity contribution in [3.63, 3.8) is 0 Å². The van der Waals surface area contributed by atoms with E-state index in [1.165, 1.54) is 17.7 Å². The van der Waals surface area contributed by atoms with Crippen molar-refractivity contribution in [3.8, 4) is 0 Å². The zero-order valence-electron chi connectivity index (χ0n) is 13.4. The molecule has 1 unspecified atom stereocenters. The van der Waals surface area contributed by atoms with Gasteiger partial charge in [0.05, 0.1) is 0 Å². The van der Waals surface area contributed by atoms with Gasteiger partial charge in [-0.25, -0.2) is 0 Å². The van der Waals surface area contributed by atoms with Gasteiger partial charge in [0.15, 0.2) is 0 Å². The van der Waals surface area contributed by atoms with Crippen molar-refractivity contribution < 1.29 is 9.09 Å². The zero-order valence-corrected chi connectivity index (χ0v) is 17.1. The number of hydrogen-bond donors (Lipinski definition) is 0. The number of benzene rings is 1. The first-order valence-electron chi connectivity index (χ1n) is 7.85. The zero-order chi connectivity index (χ0) is 15.1. The van der Waals surface area contributed by atoms with E-state index in [4.69, 9.17) is 4.52 Å². The Morgan fingerprint density at radius 2 is 1.55 bits per heavy atom. The van der Waals surface area contributed by atoms with Gasteiger partial charge in [-0.15, -0.1) is 0 Å². The summed E-state index contributed by atoms with van der Waals surface area (Å²) in [7, 11) is -2.66. The van der Waals surface area contributed by atoms with Crippen LogP contribution in [-0.4, -0.2) is 31.1 Å². The monoisotopic (exact) mass is 404 g/mol. The normalized spacial score (nSPS) is 15.0. The maximum atomic E-state index is 13.2. The molecule has 1 rings (SSSR count). The van der Waals surface area contributed by atoms with Crippen LogP contribution >= 0.6 is 7.37 Å². The standard InChI is InChI=1S/C10H14O2P.3C2H5.Sn/c1-3-12-13(11,4-2)10-8-6-5-7-9-10;3*1-2;/h5-9H,2-4H2,1H3;3*1H2,2H3;. The molecule has 0 N–H and O–H groups in total. The molecule has 1 atom stereocenters. The van der Waals surface area contributed by atoms with Gasteiger partial charge in [-0.05, 0) is 0 Å². The van der Waals surface area contributed by atoms with Gasteiger partial charge in [0.1, 0.15) is 0 Å². The second-order valence-corrected chi connectivity index (χ2v) is 24.1. The Morgan fingerprint density at radius 1 is 1.00 bits per heavy atom. The van der Waals surface area contributed by atoms with E-state index >= 15 is 0 Å². The Morgan fingerprint density at radius 3 is 2.00 bits per heavy atom. The van der Waals surface area contributed by atoms with Crippen LogP contribution in [0.3, 0.4) is 0 Å². The average Bonchev–Trinajstić information content (AvgIpc) is 2.50. The van der Waals surface area contributed by atoms with Crippen molar-refractivity contribution in [1.82, 2.24) is 0 Å². The molecular formula is C16H29O2PSn. The molecule has 0 heterocycles. The van der Waals surface area contributed by atoms with Gasteiger partial charge in [0.2, 0.25) is 0 Å². The fraction of sp³-hybridized carbons (Fsp3) is 0.625. The molecule has 2 nitrogen and oxygen atoms in total. The van der Waals surface area contributed by atoms with E-state index in [1.807, 2.05) is 37.3 Å². The molecule has 0 aliphatic carbocycles. The molecule has 0 saturated heterocycles. The third-order valence-corrected chi connectivity index (χ3v) is 25.0. The van der Waals surface area contributed by atoms with E-state index < -0.39 is 25.7 Å². The summed E-state index contributed by atoms with van der Waals surface area (Å²) in [6.07, 6.45) is 0.746. The average molecular weight is 403 g/mol. The first-order valence-corrected chi connectivity index (χ1v) is 17.7. The molecule has 4 heteroatoms. The second kappa shape index (κ2) is 8.60. The Hall–Kier alpha value is 0.209. The Bertz CT molecular complexity index is 421. The van der Waals surface area contributed by atoms with Crippen LogP contribution in [0.15, 0.2) is 30.3 Å². The Labute approximate surface area is 128 Å². The first kappa shape index (κ1) is 18.3. The van der Waals surface area contributed by atoms with Crippen LogP contribution in [0.2, 0.25) is 17.7 Å². The Kier molecular flexibility index (Phi) is 7.85. The van der Waals surface area contributed by atoms with Crippen molar-refractivity contribution in [2.45, 2.75) is 45.4 Å². The minimum absolute atomic E-state index is 0.527. The van der Waals surface area contributed by atoms with Gasteiger partial charge in [-0.2, -0.15) is 0 Å². The van der Waals surface area contributed by atoms with E-state index in [0.29, 0.717) is 6.61 Å². The summed E-state index contributed by atoms with van der Waals surface area (Å²) in [4.78, 5) is 0. The molecule has 1 aromatic carbocycles. The van der Waals surface area contributed by atoms with Crippen LogP contribution in [0, 0.1) is 0 Å². The van der Waals surface area contributed by atoms with Gasteiger partial charge in [0, 0.05) is 0 Å². The predicted molar refractivity (Wildman–Crippen MR) is 92.2 cm³/mol. The summed E-state index contributed by atoms with van der Waals surface area (Å²) in [5, 5.41) is 0.894. The molecule has 0 amide bonds. The maximum absolute atomic E-state index is 13.2. The topological polar surface area (TPSA) is 26.3 Å². The van der Waals surface area contributed by atoms with Crippen molar-refractivity contribution in [1.29, 1.82) is 0 Å². The summed E-state index contributed by atoms with van der Waals surface area (Å²) < 4.78 is 24.2. The third kappa shape index (κ3) is 4.61. The van der Waals surface area contributed by atoms with Crippen LogP contribution in [-0.2, 0) is 9.09 Å².